The topological polar surface area (TPSA) is 56.5 Å². The van der Waals surface area contributed by atoms with Crippen LogP contribution in [0.2, 0.25) is 0 Å². The van der Waals surface area contributed by atoms with Gasteiger partial charge >= 0.3 is 5.97 Å². The zero-order chi connectivity index (χ0) is 18.8. The molecule has 1 saturated carbocycles. The van der Waals surface area contributed by atoms with Crippen molar-refractivity contribution in [3.63, 3.8) is 0 Å². The van der Waals surface area contributed by atoms with Crippen molar-refractivity contribution >= 4 is 16.9 Å². The average Bonchev–Trinajstić information content (AvgIpc) is 2.71. The predicted octanol–water partition coefficient (Wildman–Crippen LogP) is 5.25. The van der Waals surface area contributed by atoms with Gasteiger partial charge in [-0.05, 0) is 31.9 Å². The Balaban J connectivity index is 1.82. The van der Waals surface area contributed by atoms with Crippen molar-refractivity contribution in [3.05, 3.63) is 64.3 Å². The van der Waals surface area contributed by atoms with E-state index in [2.05, 4.69) is 0 Å². The van der Waals surface area contributed by atoms with Crippen LogP contribution in [0.5, 0.6) is 5.75 Å². The summed E-state index contributed by atoms with van der Waals surface area (Å²) in [6.45, 7) is 1.99. The van der Waals surface area contributed by atoms with Crippen molar-refractivity contribution in [1.82, 2.24) is 0 Å². The number of ether oxygens (including phenoxy) is 1. The summed E-state index contributed by atoms with van der Waals surface area (Å²) >= 11 is 0. The second-order valence-electron chi connectivity index (χ2n) is 7.21. The lowest BCUT2D eigenvalue weighted by Gasteiger charge is -2.20. The van der Waals surface area contributed by atoms with Crippen molar-refractivity contribution in [2.75, 3.05) is 0 Å². The van der Waals surface area contributed by atoms with Crippen LogP contribution in [0.4, 0.5) is 0 Å². The Morgan fingerprint density at radius 3 is 2.44 bits per heavy atom. The summed E-state index contributed by atoms with van der Waals surface area (Å²) in [5.74, 6) is -0.169. The summed E-state index contributed by atoms with van der Waals surface area (Å²) in [6, 6.07) is 14.7. The highest BCUT2D eigenvalue weighted by molar-refractivity contribution is 5.84. The molecule has 0 bridgehead atoms. The van der Waals surface area contributed by atoms with Crippen molar-refractivity contribution in [2.45, 2.75) is 39.0 Å². The second kappa shape index (κ2) is 7.39. The molecule has 4 heteroatoms. The zero-order valence-corrected chi connectivity index (χ0v) is 15.4. The first-order valence-corrected chi connectivity index (χ1v) is 9.48. The number of hydrogen-bond acceptors (Lipinski definition) is 4. The smallest absolute Gasteiger partial charge is 0.314 e. The van der Waals surface area contributed by atoms with Crippen LogP contribution in [0.3, 0.4) is 0 Å². The number of aryl methyl sites for hydroxylation is 1. The summed E-state index contributed by atoms with van der Waals surface area (Å²) < 4.78 is 11.7. The van der Waals surface area contributed by atoms with E-state index in [1.807, 2.05) is 37.3 Å². The highest BCUT2D eigenvalue weighted by Gasteiger charge is 2.26. The number of esters is 1. The van der Waals surface area contributed by atoms with Crippen LogP contribution in [0.15, 0.2) is 57.7 Å². The van der Waals surface area contributed by atoms with E-state index in [0.29, 0.717) is 16.7 Å². The van der Waals surface area contributed by atoms with Crippen LogP contribution in [-0.4, -0.2) is 5.97 Å². The third kappa shape index (κ3) is 3.52. The van der Waals surface area contributed by atoms with Crippen LogP contribution in [0.25, 0.3) is 22.3 Å². The number of rotatable bonds is 3. The first-order chi connectivity index (χ1) is 13.1. The standard InChI is InChI=1S/C23H22O4/c1-15-11-13-16(14-12-15)21-22(27-23(25)17-7-3-2-4-8-17)20(24)18-9-5-6-10-19(18)26-21/h5-6,9-14,17H,2-4,7-8H2,1H3. The van der Waals surface area contributed by atoms with E-state index in [-0.39, 0.29) is 23.1 Å². The summed E-state index contributed by atoms with van der Waals surface area (Å²) in [5.41, 5.74) is 1.99. The number of para-hydroxylation sites is 1. The fraction of sp³-hybridized carbons (Fsp3) is 0.304. The third-order valence-electron chi connectivity index (χ3n) is 5.21. The van der Waals surface area contributed by atoms with Gasteiger partial charge in [-0.3, -0.25) is 9.59 Å². The zero-order valence-electron chi connectivity index (χ0n) is 15.4. The average molecular weight is 362 g/mol. The van der Waals surface area contributed by atoms with Gasteiger partial charge in [-0.1, -0.05) is 61.2 Å². The molecule has 0 spiro atoms. The van der Waals surface area contributed by atoms with Gasteiger partial charge in [0.15, 0.2) is 5.76 Å². The molecule has 0 radical (unpaired) electrons. The monoisotopic (exact) mass is 362 g/mol. The molecule has 1 heterocycles. The number of fused-ring (bicyclic) bond motifs is 1. The maximum Gasteiger partial charge on any atom is 0.314 e. The molecule has 0 saturated heterocycles. The summed E-state index contributed by atoms with van der Waals surface area (Å²) in [6.07, 6.45) is 4.83. The quantitative estimate of drug-likeness (QED) is 0.597. The molecule has 3 aromatic rings. The maximum atomic E-state index is 13.1. The number of carbonyl (C=O) groups excluding carboxylic acids is 1. The van der Waals surface area contributed by atoms with Gasteiger partial charge in [-0.15, -0.1) is 0 Å². The van der Waals surface area contributed by atoms with Gasteiger partial charge in [0.25, 0.3) is 0 Å². The minimum absolute atomic E-state index is 0.00636. The Labute approximate surface area is 157 Å². The molecular formula is C23H22O4. The molecule has 4 rings (SSSR count). The van der Waals surface area contributed by atoms with E-state index in [9.17, 15) is 9.59 Å². The van der Waals surface area contributed by atoms with Gasteiger partial charge in [0, 0.05) is 5.56 Å². The van der Waals surface area contributed by atoms with E-state index < -0.39 is 0 Å². The molecule has 2 aromatic carbocycles. The molecule has 1 aliphatic carbocycles. The van der Waals surface area contributed by atoms with Gasteiger partial charge < -0.3 is 9.15 Å². The van der Waals surface area contributed by atoms with Crippen molar-refractivity contribution < 1.29 is 13.9 Å². The van der Waals surface area contributed by atoms with Gasteiger partial charge in [0.2, 0.25) is 11.2 Å². The number of carbonyl (C=O) groups is 1. The normalized spacial score (nSPS) is 15.0. The third-order valence-corrected chi connectivity index (χ3v) is 5.21. The minimum Gasteiger partial charge on any atom is -0.452 e. The first-order valence-electron chi connectivity index (χ1n) is 9.48. The molecule has 138 valence electrons. The van der Waals surface area contributed by atoms with E-state index in [0.717, 1.165) is 43.2 Å². The van der Waals surface area contributed by atoms with Crippen LogP contribution in [-0.2, 0) is 4.79 Å². The van der Waals surface area contributed by atoms with Crippen molar-refractivity contribution in [2.24, 2.45) is 5.92 Å². The van der Waals surface area contributed by atoms with Gasteiger partial charge in [0.05, 0.1) is 11.3 Å². The molecule has 0 aliphatic heterocycles. The fourth-order valence-electron chi connectivity index (χ4n) is 3.63. The molecule has 1 aromatic heterocycles. The molecule has 27 heavy (non-hydrogen) atoms. The molecular weight excluding hydrogens is 340 g/mol. The predicted molar refractivity (Wildman–Crippen MR) is 105 cm³/mol. The molecule has 0 unspecified atom stereocenters. The molecule has 1 fully saturated rings. The van der Waals surface area contributed by atoms with Gasteiger partial charge in [0.1, 0.15) is 5.58 Å². The fourth-order valence-corrected chi connectivity index (χ4v) is 3.63. The lowest BCUT2D eigenvalue weighted by molar-refractivity contribution is -0.140. The summed E-state index contributed by atoms with van der Waals surface area (Å²) in [7, 11) is 0. The largest absolute Gasteiger partial charge is 0.452 e. The Morgan fingerprint density at radius 2 is 1.70 bits per heavy atom. The summed E-state index contributed by atoms with van der Waals surface area (Å²) in [5, 5.41) is 0.416. The highest BCUT2D eigenvalue weighted by Crippen LogP contribution is 2.32. The summed E-state index contributed by atoms with van der Waals surface area (Å²) in [4.78, 5) is 25.8. The Hall–Kier alpha value is -2.88. The van der Waals surface area contributed by atoms with Crippen molar-refractivity contribution in [1.29, 1.82) is 0 Å². The number of benzene rings is 2. The van der Waals surface area contributed by atoms with Crippen molar-refractivity contribution in [3.8, 4) is 17.1 Å². The Bertz CT molecular complexity index is 1020. The van der Waals surface area contributed by atoms with E-state index in [1.54, 1.807) is 18.2 Å². The lowest BCUT2D eigenvalue weighted by Crippen LogP contribution is -2.25. The second-order valence-corrected chi connectivity index (χ2v) is 7.21. The maximum absolute atomic E-state index is 13.1. The molecule has 0 N–H and O–H groups in total. The van der Waals surface area contributed by atoms with Gasteiger partial charge in [-0.2, -0.15) is 0 Å². The lowest BCUT2D eigenvalue weighted by atomic mass is 9.89. The van der Waals surface area contributed by atoms with E-state index >= 15 is 0 Å². The highest BCUT2D eigenvalue weighted by atomic mass is 16.5. The van der Waals surface area contributed by atoms with Crippen LogP contribution < -0.4 is 10.2 Å². The molecule has 0 amide bonds. The van der Waals surface area contributed by atoms with Gasteiger partial charge in [-0.25, -0.2) is 0 Å². The van der Waals surface area contributed by atoms with Crippen LogP contribution >= 0.6 is 0 Å². The Kier molecular flexibility index (Phi) is 4.80. The first kappa shape index (κ1) is 17.5. The van der Waals surface area contributed by atoms with Crippen LogP contribution in [0.1, 0.15) is 37.7 Å². The molecule has 1 aliphatic rings. The Morgan fingerprint density at radius 1 is 1.00 bits per heavy atom. The van der Waals surface area contributed by atoms with Crippen LogP contribution in [0, 0.1) is 12.8 Å². The number of hydrogen-bond donors (Lipinski definition) is 0. The molecule has 4 nitrogen and oxygen atoms in total. The van der Waals surface area contributed by atoms with E-state index in [4.69, 9.17) is 9.15 Å². The van der Waals surface area contributed by atoms with E-state index in [1.165, 1.54) is 0 Å². The minimum atomic E-state index is -0.328. The molecule has 0 atom stereocenters. The SMILES string of the molecule is Cc1ccc(-c2oc3ccccc3c(=O)c2OC(=O)C2CCCCC2)cc1.